The van der Waals surface area contributed by atoms with Crippen LogP contribution in [0.5, 0.6) is 0 Å². The van der Waals surface area contributed by atoms with Gasteiger partial charge in [0.2, 0.25) is 0 Å². The van der Waals surface area contributed by atoms with E-state index in [1.807, 2.05) is 0 Å². The average molecular weight is 295 g/mol. The van der Waals surface area contributed by atoms with Gasteiger partial charge in [-0.05, 0) is 31.6 Å². The van der Waals surface area contributed by atoms with Crippen molar-refractivity contribution in [3.05, 3.63) is 23.2 Å². The molecule has 0 unspecified atom stereocenters. The summed E-state index contributed by atoms with van der Waals surface area (Å²) in [6.07, 6.45) is 10.7. The first kappa shape index (κ1) is 15.0. The lowest BCUT2D eigenvalue weighted by Crippen LogP contribution is -2.33. The van der Waals surface area contributed by atoms with Gasteiger partial charge in [0, 0.05) is 19.9 Å². The highest BCUT2D eigenvalue weighted by molar-refractivity contribution is 7.15. The van der Waals surface area contributed by atoms with Crippen LogP contribution in [0.1, 0.15) is 30.6 Å². The molecule has 1 aliphatic rings. The monoisotopic (exact) mass is 295 g/mol. The van der Waals surface area contributed by atoms with Crippen LogP contribution in [0.2, 0.25) is 0 Å². The first-order valence-electron chi connectivity index (χ1n) is 6.91. The first-order chi connectivity index (χ1) is 9.78. The van der Waals surface area contributed by atoms with Gasteiger partial charge >= 0.3 is 6.03 Å². The second-order valence-electron chi connectivity index (χ2n) is 4.89. The fourth-order valence-corrected chi connectivity index (χ4v) is 2.98. The van der Waals surface area contributed by atoms with E-state index in [1.54, 1.807) is 13.3 Å². The first-order valence-corrected chi connectivity index (χ1v) is 7.73. The van der Waals surface area contributed by atoms with E-state index >= 15 is 0 Å². The van der Waals surface area contributed by atoms with E-state index < -0.39 is 0 Å². The number of aromatic nitrogens is 1. The maximum absolute atomic E-state index is 11.8. The number of carbonyl (C=O) groups excluding carboxylic acids is 1. The zero-order chi connectivity index (χ0) is 14.2. The second-order valence-corrected chi connectivity index (χ2v) is 6.01. The average Bonchev–Trinajstić information content (AvgIpc) is 2.72. The summed E-state index contributed by atoms with van der Waals surface area (Å²) >= 11 is 1.43. The molecule has 0 aromatic carbocycles. The van der Waals surface area contributed by atoms with Crippen molar-refractivity contribution in [2.75, 3.05) is 19.0 Å². The smallest absolute Gasteiger partial charge is 0.321 e. The summed E-state index contributed by atoms with van der Waals surface area (Å²) in [6, 6.07) is -0.180. The number of urea groups is 1. The minimum Gasteiger partial charge on any atom is -0.379 e. The highest BCUT2D eigenvalue weighted by Crippen LogP contribution is 2.19. The van der Waals surface area contributed by atoms with Gasteiger partial charge in [0.1, 0.15) is 0 Å². The third-order valence-corrected chi connectivity index (χ3v) is 4.15. The van der Waals surface area contributed by atoms with Crippen molar-refractivity contribution >= 4 is 22.5 Å². The zero-order valence-corrected chi connectivity index (χ0v) is 12.5. The number of amides is 2. The van der Waals surface area contributed by atoms with E-state index in [1.165, 1.54) is 11.3 Å². The highest BCUT2D eigenvalue weighted by Gasteiger charge is 2.12. The number of rotatable bonds is 5. The van der Waals surface area contributed by atoms with Gasteiger partial charge in [-0.25, -0.2) is 9.78 Å². The van der Waals surface area contributed by atoms with Gasteiger partial charge in [-0.3, -0.25) is 5.32 Å². The normalized spacial score (nSPS) is 15.8. The lowest BCUT2D eigenvalue weighted by Gasteiger charge is -2.14. The van der Waals surface area contributed by atoms with Crippen LogP contribution in [0, 0.1) is 5.92 Å². The van der Waals surface area contributed by atoms with Crippen LogP contribution >= 0.6 is 11.3 Å². The quantitative estimate of drug-likeness (QED) is 0.820. The molecule has 5 nitrogen and oxygen atoms in total. The SMILES string of the molecule is COCc1cnc(NC(=O)NCC2CCC=CCC2)s1. The van der Waals surface area contributed by atoms with E-state index in [4.69, 9.17) is 4.74 Å². The molecule has 1 aliphatic carbocycles. The summed E-state index contributed by atoms with van der Waals surface area (Å²) in [7, 11) is 1.64. The van der Waals surface area contributed by atoms with E-state index in [0.29, 0.717) is 17.7 Å². The van der Waals surface area contributed by atoms with Crippen LogP contribution in [0.3, 0.4) is 0 Å². The Morgan fingerprint density at radius 3 is 2.90 bits per heavy atom. The minimum absolute atomic E-state index is 0.180. The Kier molecular flexibility index (Phi) is 6.01. The number of nitrogens with one attached hydrogen (secondary N) is 2. The number of hydrogen-bond acceptors (Lipinski definition) is 4. The van der Waals surface area contributed by atoms with E-state index in [2.05, 4.69) is 27.8 Å². The van der Waals surface area contributed by atoms with Gasteiger partial charge in [0.15, 0.2) is 5.13 Å². The molecule has 0 spiro atoms. The van der Waals surface area contributed by atoms with E-state index in [9.17, 15) is 4.79 Å². The Morgan fingerprint density at radius 2 is 2.20 bits per heavy atom. The molecule has 2 amide bonds. The Hall–Kier alpha value is -1.40. The molecule has 1 aromatic heterocycles. The molecule has 0 saturated carbocycles. The fraction of sp³-hybridized carbons (Fsp3) is 0.571. The number of allylic oxidation sites excluding steroid dienone is 2. The summed E-state index contributed by atoms with van der Waals surface area (Å²) in [5.41, 5.74) is 0. The van der Waals surface area contributed by atoms with Crippen molar-refractivity contribution in [3.63, 3.8) is 0 Å². The number of nitrogens with zero attached hydrogens (tertiary/aromatic N) is 1. The third-order valence-electron chi connectivity index (χ3n) is 3.26. The summed E-state index contributed by atoms with van der Waals surface area (Å²) < 4.78 is 5.02. The molecule has 2 rings (SSSR count). The third kappa shape index (κ3) is 4.94. The van der Waals surface area contributed by atoms with Crippen molar-refractivity contribution in [1.82, 2.24) is 10.3 Å². The summed E-state index contributed by atoms with van der Waals surface area (Å²) in [5, 5.41) is 6.30. The zero-order valence-electron chi connectivity index (χ0n) is 11.7. The Labute approximate surface area is 123 Å². The van der Waals surface area contributed by atoms with Gasteiger partial charge < -0.3 is 10.1 Å². The number of anilines is 1. The number of thiazole rings is 1. The molecule has 1 aromatic rings. The topological polar surface area (TPSA) is 63.2 Å². The number of carbonyl (C=O) groups is 1. The Morgan fingerprint density at radius 1 is 1.45 bits per heavy atom. The van der Waals surface area contributed by atoms with Gasteiger partial charge in [-0.1, -0.05) is 23.5 Å². The van der Waals surface area contributed by atoms with Crippen molar-refractivity contribution < 1.29 is 9.53 Å². The molecule has 20 heavy (non-hydrogen) atoms. The summed E-state index contributed by atoms with van der Waals surface area (Å²) in [4.78, 5) is 16.9. The molecule has 1 heterocycles. The largest absolute Gasteiger partial charge is 0.379 e. The van der Waals surface area contributed by atoms with Gasteiger partial charge in [-0.2, -0.15) is 0 Å². The minimum atomic E-state index is -0.180. The van der Waals surface area contributed by atoms with Crippen LogP contribution in [-0.4, -0.2) is 24.7 Å². The maximum atomic E-state index is 11.8. The molecule has 6 heteroatoms. The van der Waals surface area contributed by atoms with Crippen molar-refractivity contribution in [2.45, 2.75) is 32.3 Å². The Bertz CT molecular complexity index is 449. The van der Waals surface area contributed by atoms with Crippen molar-refractivity contribution in [2.24, 2.45) is 5.92 Å². The molecule has 0 aliphatic heterocycles. The predicted octanol–water partition coefficient (Wildman–Crippen LogP) is 3.16. The molecule has 110 valence electrons. The maximum Gasteiger partial charge on any atom is 0.321 e. The molecule has 0 saturated heterocycles. The molecule has 0 bridgehead atoms. The summed E-state index contributed by atoms with van der Waals surface area (Å²) in [6.45, 7) is 1.25. The van der Waals surface area contributed by atoms with Gasteiger partial charge in [0.25, 0.3) is 0 Å². The van der Waals surface area contributed by atoms with Crippen LogP contribution in [0.15, 0.2) is 18.3 Å². The lowest BCUT2D eigenvalue weighted by atomic mass is 10.0. The molecular weight excluding hydrogens is 274 g/mol. The second kappa shape index (κ2) is 8.01. The predicted molar refractivity (Wildman–Crippen MR) is 80.9 cm³/mol. The Balaban J connectivity index is 1.71. The van der Waals surface area contributed by atoms with Crippen LogP contribution in [0.25, 0.3) is 0 Å². The van der Waals surface area contributed by atoms with Gasteiger partial charge in [0.05, 0.1) is 11.5 Å². The standard InChI is InChI=1S/C14H21N3O2S/c1-19-10-12-9-16-14(20-12)17-13(18)15-8-11-6-4-2-3-5-7-11/h2-3,9,11H,4-8,10H2,1H3,(H2,15,16,17,18). The molecular formula is C14H21N3O2S. The molecule has 2 N–H and O–H groups in total. The van der Waals surface area contributed by atoms with Crippen molar-refractivity contribution in [1.29, 1.82) is 0 Å². The van der Waals surface area contributed by atoms with Crippen LogP contribution < -0.4 is 10.6 Å². The lowest BCUT2D eigenvalue weighted by molar-refractivity contribution is 0.187. The summed E-state index contributed by atoms with van der Waals surface area (Å²) in [5.74, 6) is 0.566. The number of hydrogen-bond donors (Lipinski definition) is 2. The van der Waals surface area contributed by atoms with E-state index in [-0.39, 0.29) is 6.03 Å². The van der Waals surface area contributed by atoms with Crippen molar-refractivity contribution in [3.8, 4) is 0 Å². The highest BCUT2D eigenvalue weighted by atomic mass is 32.1. The van der Waals surface area contributed by atoms with Gasteiger partial charge in [-0.15, -0.1) is 0 Å². The molecule has 0 atom stereocenters. The fourth-order valence-electron chi connectivity index (χ4n) is 2.20. The molecule has 0 fully saturated rings. The van der Waals surface area contributed by atoms with E-state index in [0.717, 1.165) is 37.1 Å². The van der Waals surface area contributed by atoms with Crippen LogP contribution in [-0.2, 0) is 11.3 Å². The van der Waals surface area contributed by atoms with Crippen LogP contribution in [0.4, 0.5) is 9.93 Å². The number of methoxy groups -OCH3 is 1. The molecule has 0 radical (unpaired) electrons. The number of ether oxygens (including phenoxy) is 1.